The molecule has 0 N–H and O–H groups in total. The Hall–Kier alpha value is -2.10. The average molecular weight is 218 g/mol. The van der Waals surface area contributed by atoms with E-state index in [-0.39, 0.29) is 5.91 Å². The molecule has 0 unspecified atom stereocenters. The summed E-state index contributed by atoms with van der Waals surface area (Å²) in [5, 5.41) is 0. The Morgan fingerprint density at radius 1 is 1.19 bits per heavy atom. The van der Waals surface area contributed by atoms with Crippen molar-refractivity contribution in [3.05, 3.63) is 54.7 Å². The van der Waals surface area contributed by atoms with Gasteiger partial charge in [-0.2, -0.15) is 0 Å². The number of hydrogen-bond acceptors (Lipinski definition) is 3. The zero-order chi connectivity index (χ0) is 11.8. The first-order valence-electron chi connectivity index (χ1n) is 4.81. The number of furan rings is 1. The van der Waals surface area contributed by atoms with Gasteiger partial charge in [0.1, 0.15) is 5.69 Å². The second kappa shape index (κ2) is 6.40. The van der Waals surface area contributed by atoms with Gasteiger partial charge in [-0.3, -0.25) is 9.78 Å². The molecule has 0 saturated carbocycles. The molecule has 0 aliphatic rings. The van der Waals surface area contributed by atoms with Crippen LogP contribution in [0.15, 0.2) is 53.5 Å². The van der Waals surface area contributed by atoms with E-state index in [4.69, 9.17) is 0 Å². The predicted molar refractivity (Wildman–Crippen MR) is 61.0 cm³/mol. The van der Waals surface area contributed by atoms with Gasteiger partial charge < -0.3 is 9.32 Å². The molecule has 2 rings (SSSR count). The van der Waals surface area contributed by atoms with Gasteiger partial charge in [0.05, 0.1) is 12.5 Å². The third kappa shape index (κ3) is 3.96. The largest absolute Gasteiger partial charge is 0.473 e. The predicted octanol–water partition coefficient (Wildman–Crippen LogP) is 2.06. The van der Waals surface area contributed by atoms with E-state index in [0.29, 0.717) is 5.69 Å². The molecule has 0 radical (unpaired) electrons. The number of carbonyl (C=O) groups is 1. The van der Waals surface area contributed by atoms with Crippen LogP contribution in [0.1, 0.15) is 10.5 Å². The lowest BCUT2D eigenvalue weighted by molar-refractivity contribution is 0.0822. The summed E-state index contributed by atoms with van der Waals surface area (Å²) in [7, 11) is 3.41. The van der Waals surface area contributed by atoms with E-state index in [1.807, 2.05) is 12.1 Å². The molecule has 4 heteroatoms. The maximum atomic E-state index is 11.2. The van der Waals surface area contributed by atoms with Gasteiger partial charge >= 0.3 is 0 Å². The number of rotatable bonds is 1. The molecule has 0 saturated heterocycles. The molecule has 0 bridgehead atoms. The van der Waals surface area contributed by atoms with Crippen molar-refractivity contribution in [1.29, 1.82) is 0 Å². The van der Waals surface area contributed by atoms with Crippen LogP contribution in [-0.2, 0) is 0 Å². The molecular weight excluding hydrogens is 204 g/mol. The summed E-state index contributed by atoms with van der Waals surface area (Å²) in [5.74, 6) is -0.0643. The van der Waals surface area contributed by atoms with Gasteiger partial charge in [0, 0.05) is 20.3 Å². The maximum absolute atomic E-state index is 11.2. The van der Waals surface area contributed by atoms with Crippen LogP contribution in [0.2, 0.25) is 0 Å². The fraction of sp³-hybridized carbons (Fsp3) is 0.167. The molecule has 0 aliphatic carbocycles. The molecule has 0 aliphatic heterocycles. The molecule has 2 aromatic heterocycles. The first kappa shape index (κ1) is 12.0. The summed E-state index contributed by atoms with van der Waals surface area (Å²) in [6, 6.07) is 8.94. The van der Waals surface area contributed by atoms with Crippen LogP contribution in [-0.4, -0.2) is 29.9 Å². The molecule has 0 aromatic carbocycles. The van der Waals surface area contributed by atoms with E-state index >= 15 is 0 Å². The first-order valence-corrected chi connectivity index (χ1v) is 4.81. The van der Waals surface area contributed by atoms with E-state index in [1.165, 1.54) is 4.90 Å². The van der Waals surface area contributed by atoms with Crippen LogP contribution >= 0.6 is 0 Å². The van der Waals surface area contributed by atoms with Crippen molar-refractivity contribution in [2.75, 3.05) is 14.1 Å². The summed E-state index contributed by atoms with van der Waals surface area (Å²) in [6.07, 6.45) is 4.86. The lowest BCUT2D eigenvalue weighted by atomic mass is 10.3. The van der Waals surface area contributed by atoms with Crippen molar-refractivity contribution in [1.82, 2.24) is 9.88 Å². The van der Waals surface area contributed by atoms with E-state index < -0.39 is 0 Å². The smallest absolute Gasteiger partial charge is 0.271 e. The van der Waals surface area contributed by atoms with Crippen LogP contribution < -0.4 is 0 Å². The van der Waals surface area contributed by atoms with E-state index in [9.17, 15) is 4.79 Å². The minimum absolute atomic E-state index is 0.0643. The van der Waals surface area contributed by atoms with Crippen LogP contribution in [0.25, 0.3) is 0 Å². The van der Waals surface area contributed by atoms with Crippen LogP contribution in [0, 0.1) is 0 Å². The highest BCUT2D eigenvalue weighted by Gasteiger charge is 2.06. The number of aromatic nitrogens is 1. The van der Waals surface area contributed by atoms with Crippen molar-refractivity contribution in [3.63, 3.8) is 0 Å². The van der Waals surface area contributed by atoms with Crippen molar-refractivity contribution in [3.8, 4) is 0 Å². The first-order chi connectivity index (χ1) is 7.72. The monoisotopic (exact) mass is 218 g/mol. The van der Waals surface area contributed by atoms with Gasteiger partial charge in [0.15, 0.2) is 0 Å². The quantitative estimate of drug-likeness (QED) is 0.736. The number of amides is 1. The molecule has 1 amide bonds. The Balaban J connectivity index is 0.000000212. The van der Waals surface area contributed by atoms with Crippen molar-refractivity contribution >= 4 is 5.91 Å². The topological polar surface area (TPSA) is 46.3 Å². The maximum Gasteiger partial charge on any atom is 0.271 e. The molecule has 84 valence electrons. The number of nitrogens with zero attached hydrogens (tertiary/aromatic N) is 2. The van der Waals surface area contributed by atoms with Crippen LogP contribution in [0.3, 0.4) is 0 Å². The summed E-state index contributed by atoms with van der Waals surface area (Å²) < 4.78 is 4.58. The Labute approximate surface area is 94.5 Å². The third-order valence-electron chi connectivity index (χ3n) is 1.72. The minimum atomic E-state index is -0.0643. The Bertz CT molecular complexity index is 379. The standard InChI is InChI=1S/C8H10N2O.C4H4O/c1-10(2)8(11)7-5-3-4-6-9-7;1-2-4-5-3-1/h3-6H,1-2H3;1-4H. The molecule has 2 heterocycles. The highest BCUT2D eigenvalue weighted by molar-refractivity contribution is 5.91. The highest BCUT2D eigenvalue weighted by Crippen LogP contribution is 1.95. The zero-order valence-electron chi connectivity index (χ0n) is 9.33. The van der Waals surface area contributed by atoms with Gasteiger partial charge in [0.25, 0.3) is 5.91 Å². The summed E-state index contributed by atoms with van der Waals surface area (Å²) in [5.41, 5.74) is 0.484. The lowest BCUT2D eigenvalue weighted by Crippen LogP contribution is -2.22. The zero-order valence-corrected chi connectivity index (χ0v) is 9.33. The molecule has 4 nitrogen and oxygen atoms in total. The van der Waals surface area contributed by atoms with E-state index in [0.717, 1.165) is 0 Å². The van der Waals surface area contributed by atoms with Crippen LogP contribution in [0.4, 0.5) is 0 Å². The molecule has 0 spiro atoms. The van der Waals surface area contributed by atoms with Crippen molar-refractivity contribution in [2.24, 2.45) is 0 Å². The molecule has 16 heavy (non-hydrogen) atoms. The van der Waals surface area contributed by atoms with Gasteiger partial charge in [-0.1, -0.05) is 6.07 Å². The molecule has 0 fully saturated rings. The van der Waals surface area contributed by atoms with Gasteiger partial charge in [-0.25, -0.2) is 0 Å². The van der Waals surface area contributed by atoms with Gasteiger partial charge in [-0.05, 0) is 24.3 Å². The third-order valence-corrected chi connectivity index (χ3v) is 1.72. The Morgan fingerprint density at radius 3 is 2.25 bits per heavy atom. The minimum Gasteiger partial charge on any atom is -0.473 e. The summed E-state index contributed by atoms with van der Waals surface area (Å²) in [6.45, 7) is 0. The number of carbonyl (C=O) groups excluding carboxylic acids is 1. The van der Waals surface area contributed by atoms with Gasteiger partial charge in [-0.15, -0.1) is 0 Å². The number of hydrogen-bond donors (Lipinski definition) is 0. The summed E-state index contributed by atoms with van der Waals surface area (Å²) >= 11 is 0. The van der Waals surface area contributed by atoms with Gasteiger partial charge in [0.2, 0.25) is 0 Å². The molecular formula is C12H14N2O2. The molecule has 0 atom stereocenters. The Kier molecular flexibility index (Phi) is 4.79. The fourth-order valence-electron chi connectivity index (χ4n) is 0.945. The van der Waals surface area contributed by atoms with E-state index in [1.54, 1.807) is 51.0 Å². The second-order valence-corrected chi connectivity index (χ2v) is 3.21. The fourth-order valence-corrected chi connectivity index (χ4v) is 0.945. The Morgan fingerprint density at radius 2 is 1.88 bits per heavy atom. The van der Waals surface area contributed by atoms with E-state index in [2.05, 4.69) is 9.40 Å². The lowest BCUT2D eigenvalue weighted by Gasteiger charge is -2.07. The van der Waals surface area contributed by atoms with Crippen molar-refractivity contribution < 1.29 is 9.21 Å². The number of pyridine rings is 1. The summed E-state index contributed by atoms with van der Waals surface area (Å²) in [4.78, 5) is 16.6. The highest BCUT2D eigenvalue weighted by atomic mass is 16.3. The SMILES string of the molecule is CN(C)C(=O)c1ccccn1.c1ccoc1. The second-order valence-electron chi connectivity index (χ2n) is 3.21. The average Bonchev–Trinajstić information content (AvgIpc) is 2.88. The van der Waals surface area contributed by atoms with Crippen LogP contribution in [0.5, 0.6) is 0 Å². The molecule has 2 aromatic rings. The van der Waals surface area contributed by atoms with Crippen molar-refractivity contribution in [2.45, 2.75) is 0 Å². The normalized spacial score (nSPS) is 8.88.